The van der Waals surface area contributed by atoms with Crippen LogP contribution in [-0.2, 0) is 4.74 Å². The summed E-state index contributed by atoms with van der Waals surface area (Å²) in [6.07, 6.45) is 5.91. The summed E-state index contributed by atoms with van der Waals surface area (Å²) in [5.41, 5.74) is 0.785. The van der Waals surface area contributed by atoms with Gasteiger partial charge >= 0.3 is 11.9 Å². The standard InChI is InChI=1S/C24H29ClO5/c1-3-4-5-6-7-16-28-21-12-8-20(9-13-21)24(27)30-22-14-10-19(11-15-22)23(26)29-17-18(2)25/h8-15,18H,3-7,16-17H2,1-2H3/t18-/m1/s1. The van der Waals surface area contributed by atoms with Gasteiger partial charge in [-0.1, -0.05) is 32.6 Å². The van der Waals surface area contributed by atoms with E-state index in [2.05, 4.69) is 6.92 Å². The van der Waals surface area contributed by atoms with Crippen LogP contribution in [0.25, 0.3) is 0 Å². The molecule has 0 radical (unpaired) electrons. The van der Waals surface area contributed by atoms with Gasteiger partial charge in [0.05, 0.1) is 23.1 Å². The van der Waals surface area contributed by atoms with E-state index >= 15 is 0 Å². The Labute approximate surface area is 183 Å². The average Bonchev–Trinajstić information content (AvgIpc) is 2.75. The molecule has 0 aromatic heterocycles. The van der Waals surface area contributed by atoms with Crippen LogP contribution in [0.5, 0.6) is 11.5 Å². The van der Waals surface area contributed by atoms with Crippen LogP contribution in [0.3, 0.4) is 0 Å². The normalized spacial score (nSPS) is 11.6. The molecule has 0 fully saturated rings. The van der Waals surface area contributed by atoms with Crippen molar-refractivity contribution < 1.29 is 23.8 Å². The van der Waals surface area contributed by atoms with Crippen LogP contribution in [0.1, 0.15) is 66.7 Å². The summed E-state index contributed by atoms with van der Waals surface area (Å²) in [6, 6.07) is 13.1. The van der Waals surface area contributed by atoms with Gasteiger partial charge in [-0.05, 0) is 61.9 Å². The second-order valence-electron chi connectivity index (χ2n) is 7.08. The highest BCUT2D eigenvalue weighted by atomic mass is 35.5. The quantitative estimate of drug-likeness (QED) is 0.177. The molecule has 0 bridgehead atoms. The summed E-state index contributed by atoms with van der Waals surface area (Å²) in [6.45, 7) is 4.74. The smallest absolute Gasteiger partial charge is 0.343 e. The lowest BCUT2D eigenvalue weighted by Gasteiger charge is -2.08. The van der Waals surface area contributed by atoms with Crippen molar-refractivity contribution >= 4 is 23.5 Å². The van der Waals surface area contributed by atoms with Crippen molar-refractivity contribution in [3.8, 4) is 11.5 Å². The number of hydrogen-bond donors (Lipinski definition) is 0. The third-order valence-corrected chi connectivity index (χ3v) is 4.48. The molecular weight excluding hydrogens is 404 g/mol. The van der Waals surface area contributed by atoms with E-state index in [-0.39, 0.29) is 12.0 Å². The summed E-state index contributed by atoms with van der Waals surface area (Å²) in [7, 11) is 0. The van der Waals surface area contributed by atoms with Crippen molar-refractivity contribution in [2.75, 3.05) is 13.2 Å². The lowest BCUT2D eigenvalue weighted by molar-refractivity contribution is 0.0508. The van der Waals surface area contributed by atoms with Gasteiger partial charge < -0.3 is 14.2 Å². The number of esters is 2. The SMILES string of the molecule is CCCCCCCOc1ccc(C(=O)Oc2ccc(C(=O)OC[C@@H](C)Cl)cc2)cc1. The molecule has 0 aliphatic rings. The van der Waals surface area contributed by atoms with Crippen LogP contribution in [0.4, 0.5) is 0 Å². The maximum Gasteiger partial charge on any atom is 0.343 e. The minimum absolute atomic E-state index is 0.135. The molecule has 0 saturated carbocycles. The van der Waals surface area contributed by atoms with E-state index in [0.29, 0.717) is 23.5 Å². The molecule has 2 rings (SSSR count). The monoisotopic (exact) mass is 432 g/mol. The van der Waals surface area contributed by atoms with E-state index in [9.17, 15) is 9.59 Å². The summed E-state index contributed by atoms with van der Waals surface area (Å²) in [5.74, 6) is 0.125. The summed E-state index contributed by atoms with van der Waals surface area (Å²) < 4.78 is 16.1. The van der Waals surface area contributed by atoms with Crippen LogP contribution in [0.15, 0.2) is 48.5 Å². The van der Waals surface area contributed by atoms with Crippen LogP contribution >= 0.6 is 11.6 Å². The van der Waals surface area contributed by atoms with Crippen molar-refractivity contribution in [1.82, 2.24) is 0 Å². The Balaban J connectivity index is 1.80. The molecule has 0 spiro atoms. The zero-order valence-corrected chi connectivity index (χ0v) is 18.3. The largest absolute Gasteiger partial charge is 0.494 e. The van der Waals surface area contributed by atoms with E-state index in [1.165, 1.54) is 25.7 Å². The number of rotatable bonds is 12. The first-order chi connectivity index (χ1) is 14.5. The molecule has 2 aromatic carbocycles. The number of unbranched alkanes of at least 4 members (excludes halogenated alkanes) is 4. The number of carbonyl (C=O) groups excluding carboxylic acids is 2. The van der Waals surface area contributed by atoms with Gasteiger partial charge in [0.15, 0.2) is 0 Å². The van der Waals surface area contributed by atoms with E-state index in [4.69, 9.17) is 25.8 Å². The van der Waals surface area contributed by atoms with Crippen molar-refractivity contribution in [1.29, 1.82) is 0 Å². The third kappa shape index (κ3) is 8.46. The number of ether oxygens (including phenoxy) is 3. The molecule has 0 saturated heterocycles. The Kier molecular flexibility index (Phi) is 10.2. The van der Waals surface area contributed by atoms with Gasteiger partial charge in [0.1, 0.15) is 18.1 Å². The molecule has 2 aromatic rings. The molecule has 0 amide bonds. The molecule has 162 valence electrons. The Hall–Kier alpha value is -2.53. The molecule has 0 aliphatic heterocycles. The van der Waals surface area contributed by atoms with Gasteiger partial charge in [-0.25, -0.2) is 9.59 Å². The van der Waals surface area contributed by atoms with Gasteiger partial charge in [0.2, 0.25) is 0 Å². The molecule has 5 nitrogen and oxygen atoms in total. The van der Waals surface area contributed by atoms with Gasteiger partial charge in [0.25, 0.3) is 0 Å². The minimum atomic E-state index is -0.479. The molecular formula is C24H29ClO5. The van der Waals surface area contributed by atoms with Gasteiger partial charge in [0, 0.05) is 0 Å². The van der Waals surface area contributed by atoms with E-state index in [1.54, 1.807) is 55.5 Å². The summed E-state index contributed by atoms with van der Waals surface area (Å²) in [4.78, 5) is 24.2. The number of halogens is 1. The van der Waals surface area contributed by atoms with Crippen molar-refractivity contribution in [2.45, 2.75) is 51.3 Å². The first-order valence-corrected chi connectivity index (χ1v) is 10.8. The first kappa shape index (κ1) is 23.7. The fourth-order valence-corrected chi connectivity index (χ4v) is 2.74. The number of benzene rings is 2. The average molecular weight is 433 g/mol. The molecule has 0 unspecified atom stereocenters. The molecule has 1 atom stereocenters. The highest BCUT2D eigenvalue weighted by molar-refractivity contribution is 6.20. The van der Waals surface area contributed by atoms with E-state index in [1.807, 2.05) is 0 Å². The van der Waals surface area contributed by atoms with Crippen LogP contribution in [0.2, 0.25) is 0 Å². The maximum absolute atomic E-state index is 12.3. The molecule has 0 heterocycles. The number of alkyl halides is 1. The van der Waals surface area contributed by atoms with Gasteiger partial charge in [-0.2, -0.15) is 0 Å². The third-order valence-electron chi connectivity index (χ3n) is 4.35. The first-order valence-electron chi connectivity index (χ1n) is 10.4. The second kappa shape index (κ2) is 12.9. The van der Waals surface area contributed by atoms with Crippen LogP contribution in [0, 0.1) is 0 Å². The Bertz CT molecular complexity index is 784. The Morgan fingerprint density at radius 1 is 0.833 bits per heavy atom. The van der Waals surface area contributed by atoms with Crippen molar-refractivity contribution in [3.05, 3.63) is 59.7 Å². The van der Waals surface area contributed by atoms with E-state index in [0.717, 1.165) is 12.2 Å². The zero-order valence-electron chi connectivity index (χ0n) is 17.6. The molecule has 6 heteroatoms. The van der Waals surface area contributed by atoms with Crippen LogP contribution in [-0.4, -0.2) is 30.5 Å². The van der Waals surface area contributed by atoms with Gasteiger partial charge in [-0.15, -0.1) is 11.6 Å². The fourth-order valence-electron chi connectivity index (χ4n) is 2.68. The van der Waals surface area contributed by atoms with Crippen molar-refractivity contribution in [2.24, 2.45) is 0 Å². The Morgan fingerprint density at radius 2 is 1.40 bits per heavy atom. The fraction of sp³-hybridized carbons (Fsp3) is 0.417. The highest BCUT2D eigenvalue weighted by Gasteiger charge is 2.12. The lowest BCUT2D eigenvalue weighted by atomic mass is 10.2. The van der Waals surface area contributed by atoms with E-state index < -0.39 is 11.9 Å². The maximum atomic E-state index is 12.3. The summed E-state index contributed by atoms with van der Waals surface area (Å²) >= 11 is 5.77. The zero-order chi connectivity index (χ0) is 21.8. The minimum Gasteiger partial charge on any atom is -0.494 e. The Morgan fingerprint density at radius 3 is 2.00 bits per heavy atom. The summed E-state index contributed by atoms with van der Waals surface area (Å²) in [5, 5.41) is -0.253. The van der Waals surface area contributed by atoms with Crippen LogP contribution < -0.4 is 9.47 Å². The van der Waals surface area contributed by atoms with Crippen molar-refractivity contribution in [3.63, 3.8) is 0 Å². The topological polar surface area (TPSA) is 61.8 Å². The number of hydrogen-bond acceptors (Lipinski definition) is 5. The highest BCUT2D eigenvalue weighted by Crippen LogP contribution is 2.18. The predicted molar refractivity (Wildman–Crippen MR) is 118 cm³/mol. The second-order valence-corrected chi connectivity index (χ2v) is 7.83. The lowest BCUT2D eigenvalue weighted by Crippen LogP contribution is -2.12. The van der Waals surface area contributed by atoms with Gasteiger partial charge in [-0.3, -0.25) is 0 Å². The number of carbonyl (C=O) groups is 2. The molecule has 0 aliphatic carbocycles. The molecule has 30 heavy (non-hydrogen) atoms. The molecule has 0 N–H and O–H groups in total. The predicted octanol–water partition coefficient (Wildman–Crippen LogP) is 6.04.